The van der Waals surface area contributed by atoms with E-state index < -0.39 is 0 Å². The van der Waals surface area contributed by atoms with Crippen molar-refractivity contribution >= 4 is 11.8 Å². The first-order valence-corrected chi connectivity index (χ1v) is 5.12. The molecule has 0 aromatic carbocycles. The van der Waals surface area contributed by atoms with Crippen LogP contribution in [0.2, 0.25) is 0 Å². The molecule has 0 bridgehead atoms. The third-order valence-corrected chi connectivity index (χ3v) is 2.52. The maximum Gasteiger partial charge on any atom is 0.222 e. The van der Waals surface area contributed by atoms with Crippen LogP contribution in [0, 0.1) is 6.92 Å². The maximum atomic E-state index is 5.63. The van der Waals surface area contributed by atoms with Crippen LogP contribution in [-0.4, -0.2) is 35.8 Å². The van der Waals surface area contributed by atoms with Crippen LogP contribution in [0.15, 0.2) is 6.07 Å². The Kier molecular flexibility index (Phi) is 2.73. The number of hydrogen-bond acceptors (Lipinski definition) is 5. The number of ether oxygens (including phenoxy) is 1. The number of morpholine rings is 1. The van der Waals surface area contributed by atoms with E-state index in [2.05, 4.69) is 21.8 Å². The normalized spacial score (nSPS) is 21.7. The zero-order chi connectivity index (χ0) is 10.8. The molecule has 82 valence electrons. The summed E-state index contributed by atoms with van der Waals surface area (Å²) < 4.78 is 5.38. The molecule has 1 aromatic rings. The van der Waals surface area contributed by atoms with Crippen molar-refractivity contribution < 1.29 is 4.74 Å². The highest BCUT2D eigenvalue weighted by atomic mass is 16.5. The van der Waals surface area contributed by atoms with Crippen molar-refractivity contribution in [3.8, 4) is 0 Å². The predicted molar refractivity (Wildman–Crippen MR) is 58.8 cm³/mol. The van der Waals surface area contributed by atoms with E-state index in [4.69, 9.17) is 10.5 Å². The van der Waals surface area contributed by atoms with Gasteiger partial charge in [0.15, 0.2) is 0 Å². The summed E-state index contributed by atoms with van der Waals surface area (Å²) in [5.41, 5.74) is 6.53. The summed E-state index contributed by atoms with van der Waals surface area (Å²) >= 11 is 0. The van der Waals surface area contributed by atoms with Gasteiger partial charge in [0.2, 0.25) is 5.95 Å². The SMILES string of the molecule is Cc1cc(N2CCOCC2C)nc(N)n1. The topological polar surface area (TPSA) is 64.3 Å². The largest absolute Gasteiger partial charge is 0.377 e. The Morgan fingerprint density at radius 2 is 2.33 bits per heavy atom. The first-order chi connectivity index (χ1) is 7.16. The van der Waals surface area contributed by atoms with Crippen molar-refractivity contribution in [2.75, 3.05) is 30.4 Å². The molecule has 5 nitrogen and oxygen atoms in total. The van der Waals surface area contributed by atoms with Crippen LogP contribution in [-0.2, 0) is 4.74 Å². The quantitative estimate of drug-likeness (QED) is 0.732. The van der Waals surface area contributed by atoms with Gasteiger partial charge < -0.3 is 15.4 Å². The van der Waals surface area contributed by atoms with Crippen LogP contribution >= 0.6 is 0 Å². The molecule has 1 atom stereocenters. The highest BCUT2D eigenvalue weighted by Gasteiger charge is 2.20. The van der Waals surface area contributed by atoms with E-state index in [1.54, 1.807) is 0 Å². The first-order valence-electron chi connectivity index (χ1n) is 5.12. The number of nitrogen functional groups attached to an aromatic ring is 1. The summed E-state index contributed by atoms with van der Waals surface area (Å²) in [6.45, 7) is 6.38. The van der Waals surface area contributed by atoms with Gasteiger partial charge in [-0.05, 0) is 13.8 Å². The van der Waals surface area contributed by atoms with E-state index in [0.29, 0.717) is 12.0 Å². The van der Waals surface area contributed by atoms with Gasteiger partial charge in [0.05, 0.1) is 19.3 Å². The maximum absolute atomic E-state index is 5.63. The summed E-state index contributed by atoms with van der Waals surface area (Å²) in [6.07, 6.45) is 0. The predicted octanol–water partition coefficient (Wildman–Crippen LogP) is 0.592. The molecule has 1 aromatic heterocycles. The number of hydrogen-bond donors (Lipinski definition) is 1. The van der Waals surface area contributed by atoms with Gasteiger partial charge in [-0.3, -0.25) is 0 Å². The lowest BCUT2D eigenvalue weighted by Crippen LogP contribution is -2.44. The second-order valence-corrected chi connectivity index (χ2v) is 3.84. The van der Waals surface area contributed by atoms with Crippen LogP contribution in [0.25, 0.3) is 0 Å². The summed E-state index contributed by atoms with van der Waals surface area (Å²) in [7, 11) is 0. The molecule has 1 saturated heterocycles. The van der Waals surface area contributed by atoms with Gasteiger partial charge in [-0.25, -0.2) is 4.98 Å². The Labute approximate surface area is 89.3 Å². The van der Waals surface area contributed by atoms with Crippen LogP contribution in [0.4, 0.5) is 11.8 Å². The minimum Gasteiger partial charge on any atom is -0.377 e. The Bertz CT molecular complexity index is 335. The number of aromatic nitrogens is 2. The molecule has 0 aliphatic carbocycles. The molecule has 2 N–H and O–H groups in total. The molecule has 5 heteroatoms. The van der Waals surface area contributed by atoms with Crippen molar-refractivity contribution in [3.05, 3.63) is 11.8 Å². The molecule has 2 rings (SSSR count). The average molecular weight is 208 g/mol. The van der Waals surface area contributed by atoms with Crippen molar-refractivity contribution in [2.45, 2.75) is 19.9 Å². The Morgan fingerprint density at radius 1 is 1.53 bits per heavy atom. The van der Waals surface area contributed by atoms with Gasteiger partial charge in [0.1, 0.15) is 5.82 Å². The highest BCUT2D eigenvalue weighted by molar-refractivity contribution is 5.44. The zero-order valence-electron chi connectivity index (χ0n) is 9.10. The molecule has 1 aliphatic rings. The van der Waals surface area contributed by atoms with Crippen molar-refractivity contribution in [2.24, 2.45) is 0 Å². The van der Waals surface area contributed by atoms with E-state index in [1.165, 1.54) is 0 Å². The Morgan fingerprint density at radius 3 is 3.00 bits per heavy atom. The number of aryl methyl sites for hydroxylation is 1. The summed E-state index contributed by atoms with van der Waals surface area (Å²) in [5, 5.41) is 0. The molecule has 1 aliphatic heterocycles. The first kappa shape index (κ1) is 10.2. The minimum atomic E-state index is 0.337. The van der Waals surface area contributed by atoms with E-state index in [9.17, 15) is 0 Å². The van der Waals surface area contributed by atoms with E-state index in [0.717, 1.165) is 31.3 Å². The third-order valence-electron chi connectivity index (χ3n) is 2.52. The number of nitrogens with two attached hydrogens (primary N) is 1. The highest BCUT2D eigenvalue weighted by Crippen LogP contribution is 2.18. The average Bonchev–Trinajstić information content (AvgIpc) is 2.16. The molecule has 2 heterocycles. The second-order valence-electron chi connectivity index (χ2n) is 3.84. The van der Waals surface area contributed by atoms with Crippen LogP contribution in [0.5, 0.6) is 0 Å². The summed E-state index contributed by atoms with van der Waals surface area (Å²) in [4.78, 5) is 10.5. The van der Waals surface area contributed by atoms with E-state index >= 15 is 0 Å². The Balaban J connectivity index is 2.27. The molecule has 0 radical (unpaired) electrons. The van der Waals surface area contributed by atoms with Gasteiger partial charge in [0, 0.05) is 18.3 Å². The lowest BCUT2D eigenvalue weighted by molar-refractivity contribution is 0.0985. The fourth-order valence-electron chi connectivity index (χ4n) is 1.79. The molecule has 1 fully saturated rings. The number of nitrogens with zero attached hydrogens (tertiary/aromatic N) is 3. The third kappa shape index (κ3) is 2.18. The smallest absolute Gasteiger partial charge is 0.222 e. The monoisotopic (exact) mass is 208 g/mol. The standard InChI is InChI=1S/C10H16N4O/c1-7-5-9(13-10(11)12-7)14-3-4-15-6-8(14)2/h5,8H,3-4,6H2,1-2H3,(H2,11,12,13). The Hall–Kier alpha value is -1.36. The molecule has 0 spiro atoms. The minimum absolute atomic E-state index is 0.337. The number of anilines is 2. The van der Waals surface area contributed by atoms with Crippen LogP contribution in [0.1, 0.15) is 12.6 Å². The molecule has 15 heavy (non-hydrogen) atoms. The van der Waals surface area contributed by atoms with Crippen molar-refractivity contribution in [1.29, 1.82) is 0 Å². The summed E-state index contributed by atoms with van der Waals surface area (Å²) in [5.74, 6) is 1.24. The van der Waals surface area contributed by atoms with Gasteiger partial charge >= 0.3 is 0 Å². The molecule has 1 unspecified atom stereocenters. The van der Waals surface area contributed by atoms with Crippen LogP contribution < -0.4 is 10.6 Å². The molecular formula is C10H16N4O. The fraction of sp³-hybridized carbons (Fsp3) is 0.600. The van der Waals surface area contributed by atoms with Gasteiger partial charge in [-0.1, -0.05) is 0 Å². The van der Waals surface area contributed by atoms with Crippen molar-refractivity contribution in [1.82, 2.24) is 9.97 Å². The lowest BCUT2D eigenvalue weighted by Gasteiger charge is -2.34. The van der Waals surface area contributed by atoms with Crippen LogP contribution in [0.3, 0.4) is 0 Å². The number of rotatable bonds is 1. The van der Waals surface area contributed by atoms with Crippen molar-refractivity contribution in [3.63, 3.8) is 0 Å². The molecule has 0 amide bonds. The second kappa shape index (κ2) is 4.02. The van der Waals surface area contributed by atoms with Gasteiger partial charge in [-0.2, -0.15) is 4.98 Å². The summed E-state index contributed by atoms with van der Waals surface area (Å²) in [6, 6.07) is 2.30. The zero-order valence-corrected chi connectivity index (χ0v) is 9.10. The van der Waals surface area contributed by atoms with Gasteiger partial charge in [-0.15, -0.1) is 0 Å². The molecule has 0 saturated carbocycles. The fourth-order valence-corrected chi connectivity index (χ4v) is 1.79. The molecular weight excluding hydrogens is 192 g/mol. The van der Waals surface area contributed by atoms with E-state index in [-0.39, 0.29) is 0 Å². The van der Waals surface area contributed by atoms with Gasteiger partial charge in [0.25, 0.3) is 0 Å². The van der Waals surface area contributed by atoms with E-state index in [1.807, 2.05) is 13.0 Å². The lowest BCUT2D eigenvalue weighted by atomic mass is 10.2.